The lowest BCUT2D eigenvalue weighted by Gasteiger charge is -2.30. The summed E-state index contributed by atoms with van der Waals surface area (Å²) < 4.78 is 13.5. The highest BCUT2D eigenvalue weighted by molar-refractivity contribution is 5.37. The van der Waals surface area contributed by atoms with Crippen molar-refractivity contribution in [3.05, 3.63) is 47.9 Å². The van der Waals surface area contributed by atoms with Crippen molar-refractivity contribution in [2.24, 2.45) is 0 Å². The first-order valence-electron chi connectivity index (χ1n) is 7.26. The molecule has 0 unspecified atom stereocenters. The van der Waals surface area contributed by atoms with Crippen molar-refractivity contribution in [2.45, 2.75) is 31.1 Å². The van der Waals surface area contributed by atoms with E-state index >= 15 is 0 Å². The summed E-state index contributed by atoms with van der Waals surface area (Å²) in [6, 6.07) is 8.58. The Kier molecular flexibility index (Phi) is 3.73. The molecule has 1 aliphatic carbocycles. The predicted molar refractivity (Wildman–Crippen MR) is 81.5 cm³/mol. The van der Waals surface area contributed by atoms with E-state index in [0.29, 0.717) is 18.3 Å². The van der Waals surface area contributed by atoms with E-state index in [2.05, 4.69) is 15.3 Å². The maximum Gasteiger partial charge on any atom is 0.224 e. The summed E-state index contributed by atoms with van der Waals surface area (Å²) in [5.41, 5.74) is 6.67. The van der Waals surface area contributed by atoms with E-state index in [0.717, 1.165) is 31.2 Å². The first kappa shape index (κ1) is 13.8. The van der Waals surface area contributed by atoms with E-state index in [-0.39, 0.29) is 11.2 Å². The molecule has 0 spiro atoms. The highest BCUT2D eigenvalue weighted by atomic mass is 19.1. The summed E-state index contributed by atoms with van der Waals surface area (Å²) in [7, 11) is 0. The topological polar surface area (TPSA) is 63.8 Å². The van der Waals surface area contributed by atoms with Gasteiger partial charge >= 0.3 is 0 Å². The molecule has 1 aliphatic rings. The van der Waals surface area contributed by atoms with Gasteiger partial charge in [0.2, 0.25) is 5.95 Å². The fraction of sp³-hybridized carbons (Fsp3) is 0.375. The zero-order chi connectivity index (χ0) is 14.7. The maximum atomic E-state index is 13.5. The van der Waals surface area contributed by atoms with Crippen molar-refractivity contribution >= 4 is 11.8 Å². The molecule has 110 valence electrons. The molecule has 1 aromatic heterocycles. The van der Waals surface area contributed by atoms with Crippen LogP contribution in [0.25, 0.3) is 0 Å². The second kappa shape index (κ2) is 5.68. The molecular weight excluding hydrogens is 267 g/mol. The van der Waals surface area contributed by atoms with E-state index in [4.69, 9.17) is 5.73 Å². The Labute approximate surface area is 123 Å². The van der Waals surface area contributed by atoms with Crippen LogP contribution in [0.5, 0.6) is 0 Å². The molecule has 4 nitrogen and oxygen atoms in total. The summed E-state index contributed by atoms with van der Waals surface area (Å²) in [4.78, 5) is 8.32. The molecule has 3 rings (SSSR count). The molecule has 0 bridgehead atoms. The number of aromatic nitrogens is 2. The summed E-state index contributed by atoms with van der Waals surface area (Å²) in [6.07, 6.45) is 6.05. The number of anilines is 2. The molecule has 5 heteroatoms. The number of nitrogens with one attached hydrogen (secondary N) is 1. The minimum Gasteiger partial charge on any atom is -0.384 e. The molecule has 1 fully saturated rings. The van der Waals surface area contributed by atoms with Gasteiger partial charge < -0.3 is 11.1 Å². The van der Waals surface area contributed by atoms with Gasteiger partial charge in [0, 0.05) is 18.2 Å². The number of benzene rings is 1. The van der Waals surface area contributed by atoms with Gasteiger partial charge in [-0.05, 0) is 36.6 Å². The van der Waals surface area contributed by atoms with Gasteiger partial charge in [-0.1, -0.05) is 25.0 Å². The quantitative estimate of drug-likeness (QED) is 0.906. The molecule has 0 amide bonds. The van der Waals surface area contributed by atoms with Crippen molar-refractivity contribution in [1.82, 2.24) is 9.97 Å². The first-order chi connectivity index (χ1) is 10.2. The SMILES string of the molecule is Nc1ccnc(NCC2(c3cccc(F)c3)CCCC2)n1. The van der Waals surface area contributed by atoms with Crippen LogP contribution in [0.4, 0.5) is 16.2 Å². The second-order valence-corrected chi connectivity index (χ2v) is 5.66. The van der Waals surface area contributed by atoms with Gasteiger partial charge in [0.05, 0.1) is 0 Å². The normalized spacial score (nSPS) is 16.8. The molecule has 0 atom stereocenters. The molecule has 1 aromatic carbocycles. The number of halogens is 1. The third-order valence-corrected chi connectivity index (χ3v) is 4.26. The molecule has 1 saturated carbocycles. The standard InChI is InChI=1S/C16H19FN4/c17-13-5-3-4-12(10-13)16(7-1-2-8-16)11-20-15-19-9-6-14(18)21-15/h3-6,9-10H,1-2,7-8,11H2,(H3,18,19,20,21). The molecule has 3 N–H and O–H groups in total. The number of nitrogens with two attached hydrogens (primary N) is 1. The summed E-state index contributed by atoms with van der Waals surface area (Å²) in [6.45, 7) is 0.694. The van der Waals surface area contributed by atoms with Gasteiger partial charge in [-0.3, -0.25) is 0 Å². The zero-order valence-corrected chi connectivity index (χ0v) is 11.8. The van der Waals surface area contributed by atoms with Crippen LogP contribution < -0.4 is 11.1 Å². The summed E-state index contributed by atoms with van der Waals surface area (Å²) in [5, 5.41) is 3.26. The van der Waals surface area contributed by atoms with Crippen molar-refractivity contribution < 1.29 is 4.39 Å². The van der Waals surface area contributed by atoms with Crippen LogP contribution in [0.1, 0.15) is 31.2 Å². The molecular formula is C16H19FN4. The molecule has 21 heavy (non-hydrogen) atoms. The maximum absolute atomic E-state index is 13.5. The Balaban J connectivity index is 1.81. The lowest BCUT2D eigenvalue weighted by molar-refractivity contribution is 0.462. The third kappa shape index (κ3) is 2.96. The van der Waals surface area contributed by atoms with Crippen LogP contribution in [0.15, 0.2) is 36.5 Å². The van der Waals surface area contributed by atoms with Crippen LogP contribution in [-0.2, 0) is 5.41 Å². The minimum absolute atomic E-state index is 0.0456. The van der Waals surface area contributed by atoms with Gasteiger partial charge in [0.25, 0.3) is 0 Å². The molecule has 1 heterocycles. The minimum atomic E-state index is -0.181. The van der Waals surface area contributed by atoms with Gasteiger partial charge in [-0.2, -0.15) is 4.98 Å². The molecule has 0 aliphatic heterocycles. The monoisotopic (exact) mass is 286 g/mol. The number of rotatable bonds is 4. The lowest BCUT2D eigenvalue weighted by Crippen LogP contribution is -2.32. The van der Waals surface area contributed by atoms with Crippen LogP contribution in [0, 0.1) is 5.82 Å². The number of nitrogen functional groups attached to an aromatic ring is 1. The fourth-order valence-corrected chi connectivity index (χ4v) is 3.14. The average molecular weight is 286 g/mol. The van der Waals surface area contributed by atoms with Crippen LogP contribution in [0.3, 0.4) is 0 Å². The van der Waals surface area contributed by atoms with E-state index < -0.39 is 0 Å². The number of hydrogen-bond donors (Lipinski definition) is 2. The molecule has 0 saturated heterocycles. The highest BCUT2D eigenvalue weighted by Gasteiger charge is 2.35. The third-order valence-electron chi connectivity index (χ3n) is 4.26. The van der Waals surface area contributed by atoms with Gasteiger partial charge in [0.1, 0.15) is 11.6 Å². The van der Waals surface area contributed by atoms with Crippen molar-refractivity contribution in [2.75, 3.05) is 17.6 Å². The van der Waals surface area contributed by atoms with Crippen molar-refractivity contribution in [3.63, 3.8) is 0 Å². The Morgan fingerprint density at radius 2 is 2.05 bits per heavy atom. The fourth-order valence-electron chi connectivity index (χ4n) is 3.14. The first-order valence-corrected chi connectivity index (χ1v) is 7.26. The van der Waals surface area contributed by atoms with Crippen LogP contribution >= 0.6 is 0 Å². The predicted octanol–water partition coefficient (Wildman–Crippen LogP) is 3.12. The number of hydrogen-bond acceptors (Lipinski definition) is 4. The van der Waals surface area contributed by atoms with Crippen molar-refractivity contribution in [1.29, 1.82) is 0 Å². The van der Waals surface area contributed by atoms with E-state index in [1.54, 1.807) is 24.4 Å². The Morgan fingerprint density at radius 1 is 1.24 bits per heavy atom. The average Bonchev–Trinajstić information content (AvgIpc) is 2.95. The van der Waals surface area contributed by atoms with Gasteiger partial charge in [-0.25, -0.2) is 9.37 Å². The number of nitrogens with zero attached hydrogens (tertiary/aromatic N) is 2. The Bertz CT molecular complexity index is 623. The largest absolute Gasteiger partial charge is 0.384 e. The summed E-state index contributed by atoms with van der Waals surface area (Å²) in [5.74, 6) is 0.787. The molecule has 0 radical (unpaired) electrons. The smallest absolute Gasteiger partial charge is 0.224 e. The van der Waals surface area contributed by atoms with E-state index in [9.17, 15) is 4.39 Å². The van der Waals surface area contributed by atoms with Gasteiger partial charge in [-0.15, -0.1) is 0 Å². The molecule has 2 aromatic rings. The second-order valence-electron chi connectivity index (χ2n) is 5.66. The van der Waals surface area contributed by atoms with E-state index in [1.165, 1.54) is 6.07 Å². The van der Waals surface area contributed by atoms with Crippen LogP contribution in [-0.4, -0.2) is 16.5 Å². The highest BCUT2D eigenvalue weighted by Crippen LogP contribution is 2.41. The van der Waals surface area contributed by atoms with Crippen LogP contribution in [0.2, 0.25) is 0 Å². The Morgan fingerprint density at radius 3 is 2.76 bits per heavy atom. The zero-order valence-electron chi connectivity index (χ0n) is 11.8. The lowest BCUT2D eigenvalue weighted by atomic mass is 9.79. The summed E-state index contributed by atoms with van der Waals surface area (Å²) >= 11 is 0. The van der Waals surface area contributed by atoms with Crippen molar-refractivity contribution in [3.8, 4) is 0 Å². The van der Waals surface area contributed by atoms with Gasteiger partial charge in [0.15, 0.2) is 0 Å². The Hall–Kier alpha value is -2.17. The van der Waals surface area contributed by atoms with E-state index in [1.807, 2.05) is 6.07 Å².